The van der Waals surface area contributed by atoms with Crippen LogP contribution in [0.25, 0.3) is 0 Å². The third-order valence-electron chi connectivity index (χ3n) is 2.67. The molecule has 0 aromatic heterocycles. The van der Waals surface area contributed by atoms with Crippen LogP contribution in [-0.4, -0.2) is 17.6 Å². The summed E-state index contributed by atoms with van der Waals surface area (Å²) in [5.41, 5.74) is 6.64. The van der Waals surface area contributed by atoms with E-state index in [0.29, 0.717) is 21.2 Å². The molecule has 1 unspecified atom stereocenters. The summed E-state index contributed by atoms with van der Waals surface area (Å²) in [6.07, 6.45) is 0. The summed E-state index contributed by atoms with van der Waals surface area (Å²) < 4.78 is 12.4. The Morgan fingerprint density at radius 2 is 1.85 bits per heavy atom. The molecule has 2 amide bonds. The van der Waals surface area contributed by atoms with Gasteiger partial charge >= 0.3 is 6.03 Å². The van der Waals surface area contributed by atoms with Crippen molar-refractivity contribution >= 4 is 28.6 Å². The zero-order chi connectivity index (χ0) is 14.5. The highest BCUT2D eigenvalue weighted by molar-refractivity contribution is 7.91. The molecular weight excluding hydrogens is 274 g/mol. The molecule has 6 heteroatoms. The van der Waals surface area contributed by atoms with Crippen molar-refractivity contribution < 1.29 is 9.35 Å². The van der Waals surface area contributed by atoms with Crippen molar-refractivity contribution in [2.24, 2.45) is 0 Å². The molecule has 0 aliphatic carbocycles. The average Bonchev–Trinajstić information content (AvgIpc) is 2.49. The summed E-state index contributed by atoms with van der Waals surface area (Å²) in [6, 6.07) is 13.7. The minimum absolute atomic E-state index is 0.376. The van der Waals surface area contributed by atoms with Crippen molar-refractivity contribution in [3.63, 3.8) is 0 Å². The van der Waals surface area contributed by atoms with E-state index in [1.807, 2.05) is 18.2 Å². The molecule has 5 nitrogen and oxygen atoms in total. The molecule has 0 radical (unpaired) electrons. The van der Waals surface area contributed by atoms with Crippen LogP contribution in [0.3, 0.4) is 0 Å². The van der Waals surface area contributed by atoms with Gasteiger partial charge in [-0.3, -0.25) is 0 Å². The van der Waals surface area contributed by atoms with Gasteiger partial charge < -0.3 is 20.9 Å². The number of anilines is 2. The van der Waals surface area contributed by atoms with Crippen LogP contribution in [-0.2, 0) is 11.2 Å². The van der Waals surface area contributed by atoms with E-state index in [0.717, 1.165) is 0 Å². The van der Waals surface area contributed by atoms with Crippen LogP contribution in [0, 0.1) is 0 Å². The van der Waals surface area contributed by atoms with Gasteiger partial charge in [-0.25, -0.2) is 4.79 Å². The second-order valence-corrected chi connectivity index (χ2v) is 5.52. The zero-order valence-corrected chi connectivity index (χ0v) is 11.7. The Hall–Kier alpha value is -2.18. The van der Waals surface area contributed by atoms with E-state index >= 15 is 0 Å². The SMILES string of the molecule is CNC(=O)Nc1cc([S+]([O-])c2ccccc2)ccc1N. The predicted molar refractivity (Wildman–Crippen MR) is 80.0 cm³/mol. The highest BCUT2D eigenvalue weighted by Gasteiger charge is 2.16. The van der Waals surface area contributed by atoms with Gasteiger partial charge in [0.15, 0.2) is 9.79 Å². The molecule has 0 saturated carbocycles. The van der Waals surface area contributed by atoms with Crippen LogP contribution >= 0.6 is 0 Å². The van der Waals surface area contributed by atoms with Gasteiger partial charge in [-0.05, 0) is 24.3 Å². The summed E-state index contributed by atoms with van der Waals surface area (Å²) in [5.74, 6) is 0. The first-order chi connectivity index (χ1) is 9.61. The molecular formula is C14H15N3O2S. The third kappa shape index (κ3) is 3.23. The van der Waals surface area contributed by atoms with Crippen LogP contribution in [0.15, 0.2) is 58.3 Å². The summed E-state index contributed by atoms with van der Waals surface area (Å²) in [7, 11) is 1.51. The van der Waals surface area contributed by atoms with Crippen molar-refractivity contribution in [1.29, 1.82) is 0 Å². The number of hydrogen-bond donors (Lipinski definition) is 3. The number of nitrogens with two attached hydrogens (primary N) is 1. The summed E-state index contributed by atoms with van der Waals surface area (Å²) in [5, 5.41) is 5.04. The Morgan fingerprint density at radius 1 is 1.15 bits per heavy atom. The molecule has 2 rings (SSSR count). The fourth-order valence-corrected chi connectivity index (χ4v) is 2.72. The normalized spacial score (nSPS) is 11.7. The van der Waals surface area contributed by atoms with Crippen LogP contribution in [0.1, 0.15) is 0 Å². The average molecular weight is 289 g/mol. The van der Waals surface area contributed by atoms with Gasteiger partial charge in [0.05, 0.1) is 11.4 Å². The quantitative estimate of drug-likeness (QED) is 0.597. The number of amides is 2. The van der Waals surface area contributed by atoms with E-state index in [1.54, 1.807) is 30.3 Å². The summed E-state index contributed by atoms with van der Waals surface area (Å²) in [6.45, 7) is 0. The predicted octanol–water partition coefficient (Wildman–Crippen LogP) is 2.19. The highest BCUT2D eigenvalue weighted by Crippen LogP contribution is 2.27. The lowest BCUT2D eigenvalue weighted by atomic mass is 10.3. The number of benzene rings is 2. The molecule has 20 heavy (non-hydrogen) atoms. The summed E-state index contributed by atoms with van der Waals surface area (Å²) >= 11 is -1.31. The van der Waals surface area contributed by atoms with Crippen LogP contribution in [0.2, 0.25) is 0 Å². The number of carbonyl (C=O) groups excluding carboxylic acids is 1. The zero-order valence-electron chi connectivity index (χ0n) is 10.9. The van der Waals surface area contributed by atoms with Gasteiger partial charge in [0, 0.05) is 24.3 Å². The molecule has 1 atom stereocenters. The fourth-order valence-electron chi connectivity index (χ4n) is 1.62. The van der Waals surface area contributed by atoms with Crippen molar-refractivity contribution in [2.45, 2.75) is 9.79 Å². The lowest BCUT2D eigenvalue weighted by Gasteiger charge is -2.13. The molecule has 0 fully saturated rings. The number of hydrogen-bond acceptors (Lipinski definition) is 3. The van der Waals surface area contributed by atoms with E-state index in [-0.39, 0.29) is 6.03 Å². The van der Waals surface area contributed by atoms with Crippen LogP contribution in [0.4, 0.5) is 16.2 Å². The first-order valence-electron chi connectivity index (χ1n) is 5.97. The number of urea groups is 1. The Bertz CT molecular complexity index is 605. The van der Waals surface area contributed by atoms with E-state index in [2.05, 4.69) is 10.6 Å². The first kappa shape index (κ1) is 14.2. The van der Waals surface area contributed by atoms with Gasteiger partial charge in [-0.15, -0.1) is 0 Å². The van der Waals surface area contributed by atoms with Crippen LogP contribution in [0.5, 0.6) is 0 Å². The maximum absolute atomic E-state index is 12.4. The molecule has 2 aromatic rings. The van der Waals surface area contributed by atoms with Gasteiger partial charge in [-0.1, -0.05) is 18.2 Å². The standard InChI is InChI=1S/C14H15N3O2S/c1-16-14(18)17-13-9-11(7-8-12(13)15)20(19)10-5-3-2-4-6-10/h2-9H,15H2,1H3,(H2,16,17,18). The summed E-state index contributed by atoms with van der Waals surface area (Å²) in [4.78, 5) is 12.6. The highest BCUT2D eigenvalue weighted by atomic mass is 32.2. The number of carbonyl (C=O) groups is 1. The lowest BCUT2D eigenvalue weighted by Crippen LogP contribution is -2.25. The molecule has 0 spiro atoms. The second-order valence-electron chi connectivity index (χ2n) is 4.03. The second kappa shape index (κ2) is 6.31. The molecule has 0 aliphatic heterocycles. The number of rotatable bonds is 3. The van der Waals surface area contributed by atoms with Crippen molar-refractivity contribution in [1.82, 2.24) is 5.32 Å². The topological polar surface area (TPSA) is 90.2 Å². The Labute approximate surface area is 120 Å². The first-order valence-corrected chi connectivity index (χ1v) is 7.12. The molecule has 0 bridgehead atoms. The Kier molecular flexibility index (Phi) is 4.49. The van der Waals surface area contributed by atoms with Crippen LogP contribution < -0.4 is 16.4 Å². The largest absolute Gasteiger partial charge is 0.606 e. The maximum Gasteiger partial charge on any atom is 0.319 e. The number of nitrogen functional groups attached to an aromatic ring is 1. The lowest BCUT2D eigenvalue weighted by molar-refractivity contribution is 0.254. The molecule has 2 aromatic carbocycles. The van der Waals surface area contributed by atoms with Gasteiger partial charge in [0.2, 0.25) is 0 Å². The number of nitrogens with one attached hydrogen (secondary N) is 2. The van der Waals surface area contributed by atoms with E-state index in [1.165, 1.54) is 7.05 Å². The van der Waals surface area contributed by atoms with Crippen molar-refractivity contribution in [3.05, 3.63) is 48.5 Å². The monoisotopic (exact) mass is 289 g/mol. The Morgan fingerprint density at radius 3 is 2.50 bits per heavy atom. The fraction of sp³-hybridized carbons (Fsp3) is 0.0714. The third-order valence-corrected chi connectivity index (χ3v) is 4.05. The van der Waals surface area contributed by atoms with Gasteiger partial charge in [0.25, 0.3) is 0 Å². The smallest absolute Gasteiger partial charge is 0.319 e. The molecule has 0 aliphatic rings. The van der Waals surface area contributed by atoms with Gasteiger partial charge in [-0.2, -0.15) is 0 Å². The molecule has 4 N–H and O–H groups in total. The molecule has 0 heterocycles. The van der Waals surface area contributed by atoms with Crippen molar-refractivity contribution in [3.8, 4) is 0 Å². The van der Waals surface area contributed by atoms with E-state index in [4.69, 9.17) is 5.73 Å². The Balaban J connectivity index is 2.29. The van der Waals surface area contributed by atoms with Gasteiger partial charge in [0.1, 0.15) is 0 Å². The molecule has 0 saturated heterocycles. The molecule has 104 valence electrons. The minimum atomic E-state index is -1.31. The van der Waals surface area contributed by atoms with E-state index < -0.39 is 11.2 Å². The van der Waals surface area contributed by atoms with Crippen molar-refractivity contribution in [2.75, 3.05) is 18.1 Å². The minimum Gasteiger partial charge on any atom is -0.606 e. The maximum atomic E-state index is 12.4. The van der Waals surface area contributed by atoms with E-state index in [9.17, 15) is 9.35 Å².